The summed E-state index contributed by atoms with van der Waals surface area (Å²) in [4.78, 5) is 12.6. The molecule has 0 aliphatic carbocycles. The van der Waals surface area contributed by atoms with E-state index in [9.17, 15) is 15.0 Å². The normalized spacial score (nSPS) is 12.0. The SMILES string of the molecule is O=C(Nc1cccc2ccccc12)O[C@H](CCCO)c1cc(Br)cc(Br)c1O. The lowest BCUT2D eigenvalue weighted by Gasteiger charge is -2.20. The van der Waals surface area contributed by atoms with Crippen LogP contribution in [-0.4, -0.2) is 22.9 Å². The molecular weight excluding hydrogens is 490 g/mol. The fourth-order valence-corrected chi connectivity index (χ4v) is 4.25. The molecule has 3 aromatic carbocycles. The molecule has 7 heteroatoms. The summed E-state index contributed by atoms with van der Waals surface area (Å²) < 4.78 is 6.84. The Hall–Kier alpha value is -2.09. The maximum atomic E-state index is 12.6. The van der Waals surface area contributed by atoms with Crippen LogP contribution in [0.2, 0.25) is 0 Å². The molecule has 0 heterocycles. The third-order valence-corrected chi connectivity index (χ3v) is 5.37. The van der Waals surface area contributed by atoms with Gasteiger partial charge in [-0.1, -0.05) is 52.3 Å². The number of carbonyl (C=O) groups is 1. The van der Waals surface area contributed by atoms with E-state index >= 15 is 0 Å². The molecule has 0 saturated heterocycles. The van der Waals surface area contributed by atoms with Gasteiger partial charge >= 0.3 is 6.09 Å². The zero-order chi connectivity index (χ0) is 20.1. The molecule has 3 aromatic rings. The molecule has 0 unspecified atom stereocenters. The van der Waals surface area contributed by atoms with Crippen LogP contribution in [0.1, 0.15) is 24.5 Å². The number of aromatic hydroxyl groups is 1. The fraction of sp³-hybridized carbons (Fsp3) is 0.190. The zero-order valence-corrected chi connectivity index (χ0v) is 18.0. The lowest BCUT2D eigenvalue weighted by molar-refractivity contribution is 0.0979. The molecule has 0 aromatic heterocycles. The van der Waals surface area contributed by atoms with E-state index in [1.54, 1.807) is 18.2 Å². The van der Waals surface area contributed by atoms with E-state index in [0.29, 0.717) is 28.6 Å². The number of hydrogen-bond donors (Lipinski definition) is 3. The van der Waals surface area contributed by atoms with Crippen LogP contribution in [0.3, 0.4) is 0 Å². The van der Waals surface area contributed by atoms with Crippen molar-refractivity contribution in [2.24, 2.45) is 0 Å². The minimum absolute atomic E-state index is 0.00380. The number of anilines is 1. The number of amides is 1. The van der Waals surface area contributed by atoms with Gasteiger partial charge in [0.25, 0.3) is 0 Å². The summed E-state index contributed by atoms with van der Waals surface area (Å²) >= 11 is 6.68. The summed E-state index contributed by atoms with van der Waals surface area (Å²) in [5, 5.41) is 24.3. The molecule has 1 atom stereocenters. The highest BCUT2D eigenvalue weighted by molar-refractivity contribution is 9.11. The Bertz CT molecular complexity index is 988. The summed E-state index contributed by atoms with van der Waals surface area (Å²) in [5.74, 6) is 0.00380. The Labute approximate surface area is 179 Å². The van der Waals surface area contributed by atoms with E-state index in [4.69, 9.17) is 4.74 Å². The van der Waals surface area contributed by atoms with E-state index in [-0.39, 0.29) is 12.4 Å². The minimum Gasteiger partial charge on any atom is -0.506 e. The van der Waals surface area contributed by atoms with Crippen LogP contribution in [0.5, 0.6) is 5.75 Å². The van der Waals surface area contributed by atoms with Gasteiger partial charge in [0.2, 0.25) is 0 Å². The Morgan fingerprint density at radius 1 is 1.11 bits per heavy atom. The average Bonchev–Trinajstić information content (AvgIpc) is 2.68. The lowest BCUT2D eigenvalue weighted by Crippen LogP contribution is -2.18. The van der Waals surface area contributed by atoms with Gasteiger partial charge in [-0.05, 0) is 52.4 Å². The molecule has 3 rings (SSSR count). The van der Waals surface area contributed by atoms with Crippen LogP contribution < -0.4 is 5.32 Å². The van der Waals surface area contributed by atoms with E-state index < -0.39 is 12.2 Å². The van der Waals surface area contributed by atoms with Crippen molar-refractivity contribution in [3.05, 3.63) is 69.1 Å². The second-order valence-electron chi connectivity index (χ2n) is 6.24. The Kier molecular flexibility index (Phi) is 6.93. The molecule has 0 saturated carbocycles. The molecule has 28 heavy (non-hydrogen) atoms. The van der Waals surface area contributed by atoms with E-state index in [0.717, 1.165) is 15.2 Å². The number of hydrogen-bond acceptors (Lipinski definition) is 4. The molecule has 1 amide bonds. The van der Waals surface area contributed by atoms with Crippen molar-refractivity contribution in [1.82, 2.24) is 0 Å². The second kappa shape index (κ2) is 9.41. The third kappa shape index (κ3) is 4.84. The summed E-state index contributed by atoms with van der Waals surface area (Å²) in [7, 11) is 0. The predicted octanol–water partition coefficient (Wildman–Crippen LogP) is 6.13. The van der Waals surface area contributed by atoms with Crippen molar-refractivity contribution in [2.75, 3.05) is 11.9 Å². The molecule has 0 radical (unpaired) electrons. The number of aliphatic hydroxyl groups is 1. The van der Waals surface area contributed by atoms with Gasteiger partial charge < -0.3 is 14.9 Å². The van der Waals surface area contributed by atoms with E-state index in [1.165, 1.54) is 0 Å². The quantitative estimate of drug-likeness (QED) is 0.374. The Morgan fingerprint density at radius 2 is 1.86 bits per heavy atom. The number of carbonyl (C=O) groups excluding carboxylic acids is 1. The van der Waals surface area contributed by atoms with Crippen LogP contribution in [0.25, 0.3) is 10.8 Å². The topological polar surface area (TPSA) is 78.8 Å². The number of benzene rings is 3. The van der Waals surface area contributed by atoms with Gasteiger partial charge in [0.15, 0.2) is 0 Å². The molecule has 0 aliphatic rings. The number of rotatable bonds is 6. The van der Waals surface area contributed by atoms with Gasteiger partial charge in [0, 0.05) is 22.0 Å². The first-order valence-electron chi connectivity index (χ1n) is 8.73. The zero-order valence-electron chi connectivity index (χ0n) is 14.9. The van der Waals surface area contributed by atoms with Crippen LogP contribution in [-0.2, 0) is 4.74 Å². The monoisotopic (exact) mass is 507 g/mol. The maximum Gasteiger partial charge on any atom is 0.412 e. The summed E-state index contributed by atoms with van der Waals surface area (Å²) in [6.07, 6.45) is -0.545. The number of phenolic OH excluding ortho intramolecular Hbond substituents is 1. The summed E-state index contributed by atoms with van der Waals surface area (Å²) in [6, 6.07) is 16.8. The van der Waals surface area contributed by atoms with Gasteiger partial charge in [0.05, 0.1) is 10.2 Å². The van der Waals surface area contributed by atoms with Crippen molar-refractivity contribution < 1.29 is 19.7 Å². The molecule has 3 N–H and O–H groups in total. The van der Waals surface area contributed by atoms with Crippen molar-refractivity contribution >= 4 is 54.4 Å². The van der Waals surface area contributed by atoms with Crippen LogP contribution >= 0.6 is 31.9 Å². The number of ether oxygens (including phenoxy) is 1. The van der Waals surface area contributed by atoms with Gasteiger partial charge in [-0.2, -0.15) is 0 Å². The standard InChI is InChI=1S/C21H19Br2NO4/c22-14-11-16(20(26)17(23)12-14)19(9-4-10-25)28-21(27)24-18-8-3-6-13-5-1-2-7-15(13)18/h1-3,5-8,11-12,19,25-26H,4,9-10H2,(H,24,27)/t19-/m1/s1. The number of aliphatic hydroxyl groups excluding tert-OH is 1. The highest BCUT2D eigenvalue weighted by Crippen LogP contribution is 2.38. The van der Waals surface area contributed by atoms with Gasteiger partial charge in [-0.3, -0.25) is 5.32 Å². The molecule has 0 fully saturated rings. The number of fused-ring (bicyclic) bond motifs is 1. The van der Waals surface area contributed by atoms with Crippen molar-refractivity contribution in [3.63, 3.8) is 0 Å². The lowest BCUT2D eigenvalue weighted by atomic mass is 10.0. The van der Waals surface area contributed by atoms with E-state index in [1.807, 2.05) is 36.4 Å². The number of nitrogens with one attached hydrogen (secondary N) is 1. The average molecular weight is 509 g/mol. The van der Waals surface area contributed by atoms with Crippen molar-refractivity contribution in [3.8, 4) is 5.75 Å². The summed E-state index contributed by atoms with van der Waals surface area (Å²) in [5.41, 5.74) is 1.10. The minimum atomic E-state index is -0.712. The molecule has 0 spiro atoms. The third-order valence-electron chi connectivity index (χ3n) is 4.30. The first kappa shape index (κ1) is 20.6. The highest BCUT2D eigenvalue weighted by atomic mass is 79.9. The number of halogens is 2. The second-order valence-corrected chi connectivity index (χ2v) is 8.01. The van der Waals surface area contributed by atoms with Crippen LogP contribution in [0.15, 0.2) is 63.5 Å². The number of phenols is 1. The van der Waals surface area contributed by atoms with Crippen LogP contribution in [0, 0.1) is 0 Å². The molecule has 5 nitrogen and oxygen atoms in total. The van der Waals surface area contributed by atoms with Gasteiger partial charge in [-0.15, -0.1) is 0 Å². The molecular formula is C21H19Br2NO4. The Morgan fingerprint density at radius 3 is 2.64 bits per heavy atom. The molecule has 0 bridgehead atoms. The Balaban J connectivity index is 1.84. The molecule has 146 valence electrons. The fourth-order valence-electron chi connectivity index (χ4n) is 2.99. The highest BCUT2D eigenvalue weighted by Gasteiger charge is 2.22. The van der Waals surface area contributed by atoms with Gasteiger partial charge in [-0.25, -0.2) is 4.79 Å². The van der Waals surface area contributed by atoms with Crippen molar-refractivity contribution in [1.29, 1.82) is 0 Å². The van der Waals surface area contributed by atoms with Gasteiger partial charge in [0.1, 0.15) is 11.9 Å². The summed E-state index contributed by atoms with van der Waals surface area (Å²) in [6.45, 7) is -0.0409. The predicted molar refractivity (Wildman–Crippen MR) is 117 cm³/mol. The smallest absolute Gasteiger partial charge is 0.412 e. The van der Waals surface area contributed by atoms with E-state index in [2.05, 4.69) is 37.2 Å². The molecule has 0 aliphatic heterocycles. The first-order chi connectivity index (χ1) is 13.5. The largest absolute Gasteiger partial charge is 0.506 e. The maximum absolute atomic E-state index is 12.6. The van der Waals surface area contributed by atoms with Crippen LogP contribution in [0.4, 0.5) is 10.5 Å². The first-order valence-corrected chi connectivity index (χ1v) is 10.3. The van der Waals surface area contributed by atoms with Crippen molar-refractivity contribution in [2.45, 2.75) is 18.9 Å².